The number of rotatable bonds is 4. The average molecular weight is 245 g/mol. The molecule has 0 amide bonds. The number of nitriles is 1. The Kier molecular flexibility index (Phi) is 4.70. The summed E-state index contributed by atoms with van der Waals surface area (Å²) in [6, 6.07) is 6.98. The summed E-state index contributed by atoms with van der Waals surface area (Å²) in [6.45, 7) is 0.311. The Morgan fingerprint density at radius 2 is 2.13 bits per heavy atom. The monoisotopic (exact) mass is 244 g/mol. The lowest BCUT2D eigenvalue weighted by molar-refractivity contribution is 0.193. The van der Waals surface area contributed by atoms with Gasteiger partial charge in [-0.2, -0.15) is 5.26 Å². The highest BCUT2D eigenvalue weighted by Crippen LogP contribution is 2.24. The van der Waals surface area contributed by atoms with E-state index in [9.17, 15) is 5.11 Å². The molecule has 0 saturated heterocycles. The Labute approximate surface area is 98.2 Å². The molecule has 3 nitrogen and oxygen atoms in total. The third kappa shape index (κ3) is 3.96. The number of anilines is 1. The molecule has 1 unspecified atom stereocenters. The SMILES string of the molecule is N#CCC(O)CNc1ccc(Cl)c(Cl)c1. The number of aliphatic hydroxyl groups is 1. The molecule has 1 rings (SSSR count). The molecule has 0 aliphatic carbocycles. The molecular weight excluding hydrogens is 235 g/mol. The van der Waals surface area contributed by atoms with Gasteiger partial charge in [0.15, 0.2) is 0 Å². The van der Waals surface area contributed by atoms with Crippen LogP contribution in [0.5, 0.6) is 0 Å². The van der Waals surface area contributed by atoms with Crippen molar-refractivity contribution in [2.24, 2.45) is 0 Å². The van der Waals surface area contributed by atoms with Crippen LogP contribution in [0.3, 0.4) is 0 Å². The number of hydrogen-bond donors (Lipinski definition) is 2. The first-order valence-corrected chi connectivity index (χ1v) is 5.13. The predicted molar refractivity (Wildman–Crippen MR) is 61.2 cm³/mol. The molecule has 1 aromatic rings. The number of hydrogen-bond acceptors (Lipinski definition) is 3. The van der Waals surface area contributed by atoms with Crippen LogP contribution in [-0.2, 0) is 0 Å². The first-order valence-electron chi connectivity index (χ1n) is 4.37. The summed E-state index contributed by atoms with van der Waals surface area (Å²) in [7, 11) is 0. The van der Waals surface area contributed by atoms with Gasteiger partial charge in [0.05, 0.1) is 28.6 Å². The molecule has 0 bridgehead atoms. The lowest BCUT2D eigenvalue weighted by Gasteiger charge is -2.10. The number of nitrogens with zero attached hydrogens (tertiary/aromatic N) is 1. The molecule has 80 valence electrons. The zero-order chi connectivity index (χ0) is 11.3. The first kappa shape index (κ1) is 12.1. The lowest BCUT2D eigenvalue weighted by Crippen LogP contribution is -2.18. The standard InChI is InChI=1S/C10H10Cl2N2O/c11-9-2-1-7(5-10(9)12)14-6-8(15)3-4-13/h1-2,5,8,14-15H,3,6H2. The van der Waals surface area contributed by atoms with Crippen molar-refractivity contribution in [1.82, 2.24) is 0 Å². The highest BCUT2D eigenvalue weighted by molar-refractivity contribution is 6.42. The van der Waals surface area contributed by atoms with Crippen molar-refractivity contribution in [3.05, 3.63) is 28.2 Å². The molecule has 1 aromatic carbocycles. The summed E-state index contributed by atoms with van der Waals surface area (Å²) in [5.41, 5.74) is 0.765. The molecule has 0 aliphatic heterocycles. The zero-order valence-electron chi connectivity index (χ0n) is 7.87. The van der Waals surface area contributed by atoms with Crippen molar-refractivity contribution < 1.29 is 5.11 Å². The third-order valence-corrected chi connectivity index (χ3v) is 2.53. The molecule has 15 heavy (non-hydrogen) atoms. The van der Waals surface area contributed by atoms with Gasteiger partial charge in [-0.3, -0.25) is 0 Å². The molecule has 0 aromatic heterocycles. The summed E-state index contributed by atoms with van der Waals surface area (Å²) >= 11 is 11.5. The molecule has 2 N–H and O–H groups in total. The number of aliphatic hydroxyl groups excluding tert-OH is 1. The van der Waals surface area contributed by atoms with E-state index < -0.39 is 6.10 Å². The lowest BCUT2D eigenvalue weighted by atomic mass is 10.2. The summed E-state index contributed by atoms with van der Waals surface area (Å²) < 4.78 is 0. The van der Waals surface area contributed by atoms with Gasteiger partial charge < -0.3 is 10.4 Å². The maximum Gasteiger partial charge on any atom is 0.0842 e. The van der Waals surface area contributed by atoms with E-state index in [1.165, 1.54) is 0 Å². The molecule has 5 heteroatoms. The Bertz CT molecular complexity index is 376. The third-order valence-electron chi connectivity index (χ3n) is 1.79. The van der Waals surface area contributed by atoms with E-state index in [-0.39, 0.29) is 6.42 Å². The van der Waals surface area contributed by atoms with Gasteiger partial charge in [-0.05, 0) is 18.2 Å². The van der Waals surface area contributed by atoms with Gasteiger partial charge in [-0.1, -0.05) is 23.2 Å². The normalized spacial score (nSPS) is 11.9. The van der Waals surface area contributed by atoms with E-state index in [2.05, 4.69) is 5.32 Å². The first-order chi connectivity index (χ1) is 7.13. The van der Waals surface area contributed by atoms with Crippen LogP contribution in [0.2, 0.25) is 10.0 Å². The van der Waals surface area contributed by atoms with E-state index in [0.717, 1.165) is 5.69 Å². The number of halogens is 2. The van der Waals surface area contributed by atoms with E-state index in [1.54, 1.807) is 18.2 Å². The van der Waals surface area contributed by atoms with Crippen molar-refractivity contribution >= 4 is 28.9 Å². The van der Waals surface area contributed by atoms with Gasteiger partial charge in [-0.15, -0.1) is 0 Å². The van der Waals surface area contributed by atoms with Crippen LogP contribution in [-0.4, -0.2) is 17.8 Å². The van der Waals surface area contributed by atoms with Crippen LogP contribution in [0.15, 0.2) is 18.2 Å². The Hall–Kier alpha value is -0.950. The van der Waals surface area contributed by atoms with Crippen molar-refractivity contribution in [2.75, 3.05) is 11.9 Å². The summed E-state index contributed by atoms with van der Waals surface area (Å²) in [4.78, 5) is 0. The summed E-state index contributed by atoms with van der Waals surface area (Å²) in [6.07, 6.45) is -0.571. The van der Waals surface area contributed by atoms with Crippen LogP contribution in [0.25, 0.3) is 0 Å². The molecule has 0 spiro atoms. The van der Waals surface area contributed by atoms with Crippen molar-refractivity contribution in [3.8, 4) is 6.07 Å². The molecule has 1 atom stereocenters. The molecule has 0 saturated carbocycles. The summed E-state index contributed by atoms with van der Waals surface area (Å²) in [5.74, 6) is 0. The van der Waals surface area contributed by atoms with Crippen molar-refractivity contribution in [3.63, 3.8) is 0 Å². The zero-order valence-corrected chi connectivity index (χ0v) is 9.39. The number of nitrogens with one attached hydrogen (secondary N) is 1. The van der Waals surface area contributed by atoms with Crippen molar-refractivity contribution in [1.29, 1.82) is 5.26 Å². The van der Waals surface area contributed by atoms with Gasteiger partial charge in [-0.25, -0.2) is 0 Å². The van der Waals surface area contributed by atoms with Gasteiger partial charge >= 0.3 is 0 Å². The minimum absolute atomic E-state index is 0.105. The second kappa shape index (κ2) is 5.82. The molecule has 0 fully saturated rings. The minimum Gasteiger partial charge on any atom is -0.390 e. The maximum atomic E-state index is 9.29. The topological polar surface area (TPSA) is 56.0 Å². The smallest absolute Gasteiger partial charge is 0.0842 e. The fraction of sp³-hybridized carbons (Fsp3) is 0.300. The van der Waals surface area contributed by atoms with Gasteiger partial charge in [0.2, 0.25) is 0 Å². The predicted octanol–water partition coefficient (Wildman–Crippen LogP) is 2.68. The van der Waals surface area contributed by atoms with E-state index in [1.807, 2.05) is 6.07 Å². The van der Waals surface area contributed by atoms with Crippen LogP contribution >= 0.6 is 23.2 Å². The van der Waals surface area contributed by atoms with Gasteiger partial charge in [0.25, 0.3) is 0 Å². The average Bonchev–Trinajstić information content (AvgIpc) is 2.20. The second-order valence-electron chi connectivity index (χ2n) is 3.03. The number of benzene rings is 1. The molecule has 0 heterocycles. The van der Waals surface area contributed by atoms with E-state index in [4.69, 9.17) is 28.5 Å². The second-order valence-corrected chi connectivity index (χ2v) is 3.84. The highest BCUT2D eigenvalue weighted by Gasteiger charge is 2.03. The Morgan fingerprint density at radius 3 is 2.73 bits per heavy atom. The summed E-state index contributed by atoms with van der Waals surface area (Å²) in [5, 5.41) is 21.5. The fourth-order valence-corrected chi connectivity index (χ4v) is 1.32. The molecule has 0 radical (unpaired) electrons. The van der Waals surface area contributed by atoms with E-state index >= 15 is 0 Å². The van der Waals surface area contributed by atoms with Crippen LogP contribution in [0.4, 0.5) is 5.69 Å². The Balaban J connectivity index is 2.51. The Morgan fingerprint density at radius 1 is 1.40 bits per heavy atom. The van der Waals surface area contributed by atoms with Crippen LogP contribution < -0.4 is 5.32 Å². The largest absolute Gasteiger partial charge is 0.390 e. The van der Waals surface area contributed by atoms with Crippen molar-refractivity contribution in [2.45, 2.75) is 12.5 Å². The maximum absolute atomic E-state index is 9.29. The van der Waals surface area contributed by atoms with E-state index in [0.29, 0.717) is 16.6 Å². The van der Waals surface area contributed by atoms with Crippen LogP contribution in [0, 0.1) is 11.3 Å². The van der Waals surface area contributed by atoms with Gasteiger partial charge in [0, 0.05) is 12.2 Å². The molecular formula is C10H10Cl2N2O. The highest BCUT2D eigenvalue weighted by atomic mass is 35.5. The van der Waals surface area contributed by atoms with Crippen LogP contribution in [0.1, 0.15) is 6.42 Å². The fourth-order valence-electron chi connectivity index (χ4n) is 1.02. The van der Waals surface area contributed by atoms with Gasteiger partial charge in [0.1, 0.15) is 0 Å². The quantitative estimate of drug-likeness (QED) is 0.857. The molecule has 0 aliphatic rings. The minimum atomic E-state index is -0.676.